The van der Waals surface area contributed by atoms with Gasteiger partial charge in [0.15, 0.2) is 5.78 Å². The molecule has 3 aromatic rings. The normalized spacial score (nSPS) is 10.2. The summed E-state index contributed by atoms with van der Waals surface area (Å²) < 4.78 is 0. The van der Waals surface area contributed by atoms with Crippen LogP contribution < -0.4 is 0 Å². The summed E-state index contributed by atoms with van der Waals surface area (Å²) in [6, 6.07) is 27.3. The molecule has 0 saturated carbocycles. The van der Waals surface area contributed by atoms with Gasteiger partial charge < -0.3 is 0 Å². The first-order chi connectivity index (χ1) is 10.8. The van der Waals surface area contributed by atoms with Crippen molar-refractivity contribution >= 4 is 11.4 Å². The molecule has 0 aliphatic heterocycles. The minimum Gasteiger partial charge on any atom is -0.289 e. The first kappa shape index (κ1) is 14.0. The summed E-state index contributed by atoms with van der Waals surface area (Å²) in [5, 5.41) is 0. The van der Waals surface area contributed by atoms with Crippen molar-refractivity contribution in [3.05, 3.63) is 103 Å². The van der Waals surface area contributed by atoms with E-state index in [0.717, 1.165) is 16.7 Å². The van der Waals surface area contributed by atoms with E-state index in [0.29, 0.717) is 11.1 Å². The summed E-state index contributed by atoms with van der Waals surface area (Å²) in [5.74, 6) is -0.0363. The summed E-state index contributed by atoms with van der Waals surface area (Å²) in [6.07, 6.45) is 0. The van der Waals surface area contributed by atoms with Gasteiger partial charge in [0, 0.05) is 11.1 Å². The summed E-state index contributed by atoms with van der Waals surface area (Å²) in [4.78, 5) is 12.5. The van der Waals surface area contributed by atoms with Gasteiger partial charge in [0.2, 0.25) is 0 Å². The molecule has 0 aliphatic rings. The lowest BCUT2D eigenvalue weighted by Gasteiger charge is -2.07. The molecule has 0 saturated heterocycles. The molecule has 3 rings (SSSR count). The zero-order chi connectivity index (χ0) is 15.4. The van der Waals surface area contributed by atoms with E-state index in [4.69, 9.17) is 0 Å². The largest absolute Gasteiger partial charge is 0.289 e. The maximum atomic E-state index is 12.5. The Morgan fingerprint density at radius 1 is 0.591 bits per heavy atom. The molecule has 0 unspecified atom stereocenters. The summed E-state index contributed by atoms with van der Waals surface area (Å²) in [7, 11) is 0. The first-order valence-electron chi connectivity index (χ1n) is 7.20. The molecule has 0 heterocycles. The van der Waals surface area contributed by atoms with Crippen LogP contribution in [0, 0.1) is 0 Å². The number of carbonyl (C=O) groups is 1. The molecule has 0 spiro atoms. The quantitative estimate of drug-likeness (QED) is 0.472. The predicted molar refractivity (Wildman–Crippen MR) is 91.7 cm³/mol. The van der Waals surface area contributed by atoms with Crippen LogP contribution in [-0.4, -0.2) is 5.78 Å². The van der Waals surface area contributed by atoms with Gasteiger partial charge in [-0.1, -0.05) is 91.5 Å². The van der Waals surface area contributed by atoms with E-state index in [1.807, 2.05) is 72.8 Å². The average Bonchev–Trinajstić information content (AvgIpc) is 2.62. The molecular formula is C21H16O. The summed E-state index contributed by atoms with van der Waals surface area (Å²) in [6.45, 7) is 3.93. The fraction of sp³-hybridized carbons (Fsp3) is 0. The summed E-state index contributed by atoms with van der Waals surface area (Å²) >= 11 is 0. The zero-order valence-corrected chi connectivity index (χ0v) is 12.2. The van der Waals surface area contributed by atoms with Crippen molar-refractivity contribution in [1.29, 1.82) is 0 Å². The minimum absolute atomic E-state index is 0.0363. The Morgan fingerprint density at radius 3 is 1.68 bits per heavy atom. The highest BCUT2D eigenvalue weighted by Gasteiger charge is 2.11. The van der Waals surface area contributed by atoms with E-state index < -0.39 is 0 Å². The molecule has 0 aliphatic carbocycles. The van der Waals surface area contributed by atoms with Crippen LogP contribution in [0.3, 0.4) is 0 Å². The Labute approximate surface area is 130 Å². The van der Waals surface area contributed by atoms with Crippen molar-refractivity contribution in [3.63, 3.8) is 0 Å². The Bertz CT molecular complexity index is 784. The van der Waals surface area contributed by atoms with Gasteiger partial charge in [0.1, 0.15) is 0 Å². The number of benzene rings is 3. The van der Waals surface area contributed by atoms with Crippen molar-refractivity contribution in [1.82, 2.24) is 0 Å². The molecule has 0 fully saturated rings. The lowest BCUT2D eigenvalue weighted by Crippen LogP contribution is -2.01. The van der Waals surface area contributed by atoms with Gasteiger partial charge in [0.25, 0.3) is 0 Å². The smallest absolute Gasteiger partial charge is 0.193 e. The molecule has 0 amide bonds. The molecule has 22 heavy (non-hydrogen) atoms. The highest BCUT2D eigenvalue weighted by molar-refractivity contribution is 6.28. The maximum Gasteiger partial charge on any atom is 0.193 e. The number of hydrogen-bond acceptors (Lipinski definition) is 1. The Morgan fingerprint density at radius 2 is 1.09 bits per heavy atom. The van der Waals surface area contributed by atoms with E-state index in [9.17, 15) is 4.79 Å². The molecule has 0 bridgehead atoms. The second kappa shape index (κ2) is 6.23. The number of Topliss-reactive ketones (excluding diaryl/α,β-unsaturated/α-hetero) is 1. The fourth-order valence-electron chi connectivity index (χ4n) is 2.39. The Kier molecular flexibility index (Phi) is 3.97. The molecule has 0 aromatic heterocycles. The predicted octanol–water partition coefficient (Wildman–Crippen LogP) is 5.25. The standard InChI is InChI=1S/C21H16O/c1-16(17-8-4-2-5-9-17)21(22)20-14-12-19(13-15-20)18-10-6-3-7-11-18/h2-15H,1H2. The molecule has 0 N–H and O–H groups in total. The van der Waals surface area contributed by atoms with Crippen LogP contribution in [0.4, 0.5) is 0 Å². The monoisotopic (exact) mass is 284 g/mol. The molecular weight excluding hydrogens is 268 g/mol. The number of ketones is 1. The topological polar surface area (TPSA) is 17.1 Å². The van der Waals surface area contributed by atoms with Crippen LogP contribution in [-0.2, 0) is 0 Å². The average molecular weight is 284 g/mol. The van der Waals surface area contributed by atoms with Gasteiger partial charge in [-0.2, -0.15) is 0 Å². The second-order valence-corrected chi connectivity index (χ2v) is 5.12. The van der Waals surface area contributed by atoms with Gasteiger partial charge in [-0.25, -0.2) is 0 Å². The third kappa shape index (κ3) is 2.89. The van der Waals surface area contributed by atoms with Crippen LogP contribution in [0.1, 0.15) is 15.9 Å². The van der Waals surface area contributed by atoms with Crippen molar-refractivity contribution < 1.29 is 4.79 Å². The lowest BCUT2D eigenvalue weighted by molar-refractivity contribution is 0.105. The Balaban J connectivity index is 1.84. The minimum atomic E-state index is -0.0363. The molecule has 1 nitrogen and oxygen atoms in total. The Hall–Kier alpha value is -2.93. The molecule has 0 atom stereocenters. The number of carbonyl (C=O) groups excluding carboxylic acids is 1. The molecule has 0 radical (unpaired) electrons. The van der Waals surface area contributed by atoms with Gasteiger partial charge in [-0.3, -0.25) is 4.79 Å². The van der Waals surface area contributed by atoms with E-state index in [-0.39, 0.29) is 5.78 Å². The number of allylic oxidation sites excluding steroid dienone is 1. The van der Waals surface area contributed by atoms with E-state index >= 15 is 0 Å². The first-order valence-corrected chi connectivity index (χ1v) is 7.20. The SMILES string of the molecule is C=C(C(=O)c1ccc(-c2ccccc2)cc1)c1ccccc1. The van der Waals surface area contributed by atoms with Crippen LogP contribution in [0.15, 0.2) is 91.5 Å². The van der Waals surface area contributed by atoms with Crippen LogP contribution in [0.2, 0.25) is 0 Å². The highest BCUT2D eigenvalue weighted by atomic mass is 16.1. The van der Waals surface area contributed by atoms with Crippen molar-refractivity contribution in [2.45, 2.75) is 0 Å². The number of hydrogen-bond donors (Lipinski definition) is 0. The second-order valence-electron chi connectivity index (χ2n) is 5.12. The van der Waals surface area contributed by atoms with Gasteiger partial charge in [0.05, 0.1) is 0 Å². The van der Waals surface area contributed by atoms with Crippen molar-refractivity contribution in [2.24, 2.45) is 0 Å². The van der Waals surface area contributed by atoms with E-state index in [1.54, 1.807) is 0 Å². The third-order valence-corrected chi connectivity index (χ3v) is 3.65. The van der Waals surface area contributed by atoms with Gasteiger partial charge >= 0.3 is 0 Å². The third-order valence-electron chi connectivity index (χ3n) is 3.65. The van der Waals surface area contributed by atoms with E-state index in [1.165, 1.54) is 0 Å². The van der Waals surface area contributed by atoms with Crippen LogP contribution in [0.25, 0.3) is 16.7 Å². The van der Waals surface area contributed by atoms with Gasteiger partial charge in [-0.15, -0.1) is 0 Å². The van der Waals surface area contributed by atoms with Crippen molar-refractivity contribution in [3.8, 4) is 11.1 Å². The number of rotatable bonds is 4. The highest BCUT2D eigenvalue weighted by Crippen LogP contribution is 2.22. The maximum absolute atomic E-state index is 12.5. The molecule has 1 heteroatoms. The summed E-state index contributed by atoms with van der Waals surface area (Å²) in [5.41, 5.74) is 4.28. The van der Waals surface area contributed by atoms with Crippen LogP contribution in [0.5, 0.6) is 0 Å². The molecule has 106 valence electrons. The van der Waals surface area contributed by atoms with Crippen molar-refractivity contribution in [2.75, 3.05) is 0 Å². The van der Waals surface area contributed by atoms with E-state index in [2.05, 4.69) is 18.7 Å². The lowest BCUT2D eigenvalue weighted by atomic mass is 9.96. The zero-order valence-electron chi connectivity index (χ0n) is 12.2. The molecule has 3 aromatic carbocycles. The van der Waals surface area contributed by atoms with Gasteiger partial charge in [-0.05, 0) is 16.7 Å². The fourth-order valence-corrected chi connectivity index (χ4v) is 2.39. The van der Waals surface area contributed by atoms with Crippen LogP contribution >= 0.6 is 0 Å².